The van der Waals surface area contributed by atoms with Crippen LogP contribution in [0, 0.1) is 11.6 Å². The van der Waals surface area contributed by atoms with Gasteiger partial charge < -0.3 is 4.57 Å². The van der Waals surface area contributed by atoms with Gasteiger partial charge in [0.15, 0.2) is 5.82 Å². The van der Waals surface area contributed by atoms with Gasteiger partial charge in [0.05, 0.1) is 12.1 Å². The highest BCUT2D eigenvalue weighted by Crippen LogP contribution is 2.27. The van der Waals surface area contributed by atoms with Crippen molar-refractivity contribution in [2.45, 2.75) is 19.6 Å². The summed E-state index contributed by atoms with van der Waals surface area (Å²) in [5.74, 6) is -0.104. The van der Waals surface area contributed by atoms with Crippen LogP contribution < -0.4 is 0 Å². The van der Waals surface area contributed by atoms with Gasteiger partial charge in [0.25, 0.3) is 0 Å². The average Bonchev–Trinajstić information content (AvgIpc) is 3.00. The number of aromatic nitrogens is 3. The Labute approximate surface area is 159 Å². The lowest BCUT2D eigenvalue weighted by Crippen LogP contribution is -2.33. The lowest BCUT2D eigenvalue weighted by Gasteiger charge is -2.28. The second kappa shape index (κ2) is 6.95. The van der Waals surface area contributed by atoms with Crippen LogP contribution in [-0.4, -0.2) is 26.2 Å². The Morgan fingerprint density at radius 2 is 1.85 bits per heavy atom. The molecule has 0 N–H and O–H groups in total. The van der Waals surface area contributed by atoms with Gasteiger partial charge in [-0.3, -0.25) is 4.90 Å². The zero-order valence-electron chi connectivity index (χ0n) is 13.6. The monoisotopic (exact) mass is 394 g/mol. The van der Waals surface area contributed by atoms with Gasteiger partial charge in [-0.1, -0.05) is 29.3 Å². The SMILES string of the molecule is Fc1ccc(-c2nnc3n2CCN(Cc2ccc(Cl)cc2Cl)C3)c(F)c1. The van der Waals surface area contributed by atoms with E-state index in [1.54, 1.807) is 6.07 Å². The maximum absolute atomic E-state index is 14.1. The van der Waals surface area contributed by atoms with Crippen molar-refractivity contribution < 1.29 is 8.78 Å². The normalized spacial score (nSPS) is 14.5. The molecule has 0 aliphatic carbocycles. The summed E-state index contributed by atoms with van der Waals surface area (Å²) in [5.41, 5.74) is 1.23. The molecular formula is C18H14Cl2F2N4. The topological polar surface area (TPSA) is 34.0 Å². The van der Waals surface area contributed by atoms with E-state index in [4.69, 9.17) is 23.2 Å². The Balaban J connectivity index is 1.56. The first-order valence-corrected chi connectivity index (χ1v) is 8.80. The Hall–Kier alpha value is -2.02. The van der Waals surface area contributed by atoms with Gasteiger partial charge in [-0.25, -0.2) is 8.78 Å². The van der Waals surface area contributed by atoms with Gasteiger partial charge in [-0.2, -0.15) is 0 Å². The predicted octanol–water partition coefficient (Wildman–Crippen LogP) is 4.55. The van der Waals surface area contributed by atoms with E-state index in [2.05, 4.69) is 15.1 Å². The number of hydrogen-bond donors (Lipinski definition) is 0. The molecule has 0 bridgehead atoms. The minimum Gasteiger partial charge on any atom is -0.309 e. The van der Waals surface area contributed by atoms with Gasteiger partial charge in [0.1, 0.15) is 17.5 Å². The summed E-state index contributed by atoms with van der Waals surface area (Å²) < 4.78 is 29.1. The van der Waals surface area contributed by atoms with E-state index in [1.807, 2.05) is 16.7 Å². The Kier molecular flexibility index (Phi) is 4.65. The van der Waals surface area contributed by atoms with E-state index in [1.165, 1.54) is 12.1 Å². The Morgan fingerprint density at radius 3 is 2.62 bits per heavy atom. The highest BCUT2D eigenvalue weighted by molar-refractivity contribution is 6.35. The summed E-state index contributed by atoms with van der Waals surface area (Å²) in [6, 6.07) is 8.91. The summed E-state index contributed by atoms with van der Waals surface area (Å²) in [7, 11) is 0. The first kappa shape index (κ1) is 17.4. The molecule has 3 aromatic rings. The second-order valence-electron chi connectivity index (χ2n) is 6.16. The molecule has 0 unspecified atom stereocenters. The zero-order valence-corrected chi connectivity index (χ0v) is 15.1. The molecular weight excluding hydrogens is 381 g/mol. The van der Waals surface area contributed by atoms with E-state index in [0.717, 1.165) is 24.0 Å². The number of halogens is 4. The fourth-order valence-electron chi connectivity index (χ4n) is 3.10. The summed E-state index contributed by atoms with van der Waals surface area (Å²) >= 11 is 12.2. The van der Waals surface area contributed by atoms with Crippen molar-refractivity contribution >= 4 is 23.2 Å². The summed E-state index contributed by atoms with van der Waals surface area (Å²) in [4.78, 5) is 2.18. The number of hydrogen-bond acceptors (Lipinski definition) is 3. The van der Waals surface area contributed by atoms with Crippen molar-refractivity contribution in [2.24, 2.45) is 0 Å². The largest absolute Gasteiger partial charge is 0.309 e. The highest BCUT2D eigenvalue weighted by atomic mass is 35.5. The number of fused-ring (bicyclic) bond motifs is 1. The van der Waals surface area contributed by atoms with E-state index < -0.39 is 11.6 Å². The minimum atomic E-state index is -0.643. The zero-order chi connectivity index (χ0) is 18.3. The molecule has 26 heavy (non-hydrogen) atoms. The smallest absolute Gasteiger partial charge is 0.167 e. The van der Waals surface area contributed by atoms with Crippen LogP contribution in [0.3, 0.4) is 0 Å². The standard InChI is InChI=1S/C18H14Cl2F2N4/c19-12-2-1-11(15(20)7-12)9-25-5-6-26-17(10-25)23-24-18(26)14-4-3-13(21)8-16(14)22/h1-4,7-8H,5-6,9-10H2. The van der Waals surface area contributed by atoms with Crippen LogP contribution in [0.25, 0.3) is 11.4 Å². The van der Waals surface area contributed by atoms with Crippen LogP contribution in [0.1, 0.15) is 11.4 Å². The van der Waals surface area contributed by atoms with Crippen LogP contribution in [-0.2, 0) is 19.6 Å². The Bertz CT molecular complexity index is 974. The van der Waals surface area contributed by atoms with E-state index in [0.29, 0.717) is 35.5 Å². The van der Waals surface area contributed by atoms with Crippen molar-refractivity contribution in [3.63, 3.8) is 0 Å². The van der Waals surface area contributed by atoms with Gasteiger partial charge in [-0.15, -0.1) is 10.2 Å². The van der Waals surface area contributed by atoms with Gasteiger partial charge in [0, 0.05) is 35.7 Å². The van der Waals surface area contributed by atoms with Gasteiger partial charge >= 0.3 is 0 Å². The Morgan fingerprint density at radius 1 is 1.00 bits per heavy atom. The molecule has 1 aromatic heterocycles. The fraction of sp³-hybridized carbons (Fsp3) is 0.222. The first-order valence-electron chi connectivity index (χ1n) is 8.05. The molecule has 0 saturated carbocycles. The van der Waals surface area contributed by atoms with Crippen LogP contribution in [0.5, 0.6) is 0 Å². The van der Waals surface area contributed by atoms with E-state index in [-0.39, 0.29) is 5.56 Å². The van der Waals surface area contributed by atoms with E-state index in [9.17, 15) is 8.78 Å². The maximum Gasteiger partial charge on any atom is 0.167 e. The van der Waals surface area contributed by atoms with E-state index >= 15 is 0 Å². The molecule has 0 radical (unpaired) electrons. The van der Waals surface area contributed by atoms with Gasteiger partial charge in [-0.05, 0) is 29.8 Å². The molecule has 134 valence electrons. The van der Waals surface area contributed by atoms with Crippen molar-refractivity contribution in [3.8, 4) is 11.4 Å². The molecule has 2 aromatic carbocycles. The summed E-state index contributed by atoms with van der Waals surface area (Å²) in [6.45, 7) is 2.57. The van der Waals surface area contributed by atoms with Crippen molar-refractivity contribution in [1.82, 2.24) is 19.7 Å². The molecule has 1 aliphatic rings. The highest BCUT2D eigenvalue weighted by Gasteiger charge is 2.23. The molecule has 8 heteroatoms. The average molecular weight is 395 g/mol. The molecule has 0 amide bonds. The number of nitrogens with zero attached hydrogens (tertiary/aromatic N) is 4. The third-order valence-electron chi connectivity index (χ3n) is 4.41. The molecule has 4 rings (SSSR count). The van der Waals surface area contributed by atoms with Crippen molar-refractivity contribution in [3.05, 3.63) is 69.5 Å². The van der Waals surface area contributed by atoms with Crippen LogP contribution in [0.2, 0.25) is 10.0 Å². The number of rotatable bonds is 3. The summed E-state index contributed by atoms with van der Waals surface area (Å²) in [6.07, 6.45) is 0. The fourth-order valence-corrected chi connectivity index (χ4v) is 3.57. The van der Waals surface area contributed by atoms with Crippen LogP contribution >= 0.6 is 23.2 Å². The van der Waals surface area contributed by atoms with Crippen LogP contribution in [0.15, 0.2) is 36.4 Å². The van der Waals surface area contributed by atoms with Crippen LogP contribution in [0.4, 0.5) is 8.78 Å². The third-order valence-corrected chi connectivity index (χ3v) is 5.00. The minimum absolute atomic E-state index is 0.249. The summed E-state index contributed by atoms with van der Waals surface area (Å²) in [5, 5.41) is 9.52. The molecule has 4 nitrogen and oxygen atoms in total. The molecule has 1 aliphatic heterocycles. The molecule has 0 spiro atoms. The third kappa shape index (κ3) is 3.32. The number of benzene rings is 2. The molecule has 0 atom stereocenters. The predicted molar refractivity (Wildman–Crippen MR) is 96.0 cm³/mol. The second-order valence-corrected chi connectivity index (χ2v) is 7.01. The van der Waals surface area contributed by atoms with Crippen molar-refractivity contribution in [2.75, 3.05) is 6.54 Å². The first-order chi connectivity index (χ1) is 12.5. The lowest BCUT2D eigenvalue weighted by molar-refractivity contribution is 0.209. The molecule has 0 saturated heterocycles. The molecule has 0 fully saturated rings. The quantitative estimate of drug-likeness (QED) is 0.653. The maximum atomic E-state index is 14.1. The lowest BCUT2D eigenvalue weighted by atomic mass is 10.1. The van der Waals surface area contributed by atoms with Gasteiger partial charge in [0.2, 0.25) is 0 Å². The molecule has 2 heterocycles. The van der Waals surface area contributed by atoms with Crippen molar-refractivity contribution in [1.29, 1.82) is 0 Å².